The van der Waals surface area contributed by atoms with E-state index in [1.165, 1.54) is 17.0 Å². The van der Waals surface area contributed by atoms with Gasteiger partial charge in [0.1, 0.15) is 23.3 Å². The topological polar surface area (TPSA) is 118 Å². The molecule has 0 radical (unpaired) electrons. The van der Waals surface area contributed by atoms with E-state index in [0.29, 0.717) is 55.4 Å². The van der Waals surface area contributed by atoms with Crippen LogP contribution in [0.4, 0.5) is 26.6 Å². The highest BCUT2D eigenvalue weighted by molar-refractivity contribution is 5.86. The number of methoxy groups -OCH3 is 1. The molecule has 0 spiro atoms. The van der Waals surface area contributed by atoms with Crippen molar-refractivity contribution in [2.75, 3.05) is 37.9 Å². The van der Waals surface area contributed by atoms with Gasteiger partial charge in [-0.05, 0) is 45.4 Å². The highest BCUT2D eigenvalue weighted by Gasteiger charge is 2.41. The van der Waals surface area contributed by atoms with Crippen molar-refractivity contribution in [3.05, 3.63) is 41.8 Å². The van der Waals surface area contributed by atoms with E-state index in [2.05, 4.69) is 37.8 Å². The first kappa shape index (κ1) is 28.7. The highest BCUT2D eigenvalue weighted by atomic mass is 19.1. The van der Waals surface area contributed by atoms with Crippen molar-refractivity contribution >= 4 is 29.5 Å². The number of aromatic nitrogens is 2. The molecule has 1 aromatic heterocycles. The largest absolute Gasteiger partial charge is 0.444 e. The molecule has 38 heavy (non-hydrogen) atoms. The number of halogens is 1. The molecular weight excluding hydrogens is 491 g/mol. The molecule has 2 amide bonds. The number of hydrogen-bond donors (Lipinski definition) is 3. The van der Waals surface area contributed by atoms with Crippen LogP contribution >= 0.6 is 0 Å². The van der Waals surface area contributed by atoms with E-state index in [9.17, 15) is 14.0 Å². The van der Waals surface area contributed by atoms with Crippen LogP contribution in [0, 0.1) is 17.7 Å². The molecule has 0 saturated carbocycles. The molecule has 2 aromatic rings. The van der Waals surface area contributed by atoms with Crippen LogP contribution in [0.2, 0.25) is 0 Å². The van der Waals surface area contributed by atoms with Crippen molar-refractivity contribution in [3.63, 3.8) is 0 Å². The third-order valence-corrected chi connectivity index (χ3v) is 5.63. The van der Waals surface area contributed by atoms with Gasteiger partial charge >= 0.3 is 6.09 Å². The maximum atomic E-state index is 13.4. The zero-order valence-corrected chi connectivity index (χ0v) is 22.4. The van der Waals surface area contributed by atoms with E-state index < -0.39 is 17.7 Å². The summed E-state index contributed by atoms with van der Waals surface area (Å²) >= 11 is 0. The predicted molar refractivity (Wildman–Crippen MR) is 143 cm³/mol. The molecule has 1 saturated heterocycles. The molecular formula is C27H35FN6O4. The highest BCUT2D eigenvalue weighted by Crippen LogP contribution is 2.23. The minimum atomic E-state index is -0.654. The van der Waals surface area contributed by atoms with Crippen LogP contribution < -0.4 is 16.0 Å². The van der Waals surface area contributed by atoms with Crippen molar-refractivity contribution < 1.29 is 23.5 Å². The molecule has 1 aliphatic rings. The number of carbonyl (C=O) groups is 2. The zero-order chi connectivity index (χ0) is 27.7. The van der Waals surface area contributed by atoms with Crippen molar-refractivity contribution in [1.29, 1.82) is 0 Å². The molecule has 3 N–H and O–H groups in total. The molecule has 3 rings (SSSR count). The van der Waals surface area contributed by atoms with Gasteiger partial charge in [-0.15, -0.1) is 0 Å². The lowest BCUT2D eigenvalue weighted by atomic mass is 10.2. The quantitative estimate of drug-likeness (QED) is 0.352. The Morgan fingerprint density at radius 2 is 2.08 bits per heavy atom. The third-order valence-electron chi connectivity index (χ3n) is 5.63. The number of benzene rings is 1. The summed E-state index contributed by atoms with van der Waals surface area (Å²) in [6, 6.07) is 5.39. The minimum absolute atomic E-state index is 0.219. The van der Waals surface area contributed by atoms with Crippen molar-refractivity contribution in [2.24, 2.45) is 0 Å². The van der Waals surface area contributed by atoms with Crippen LogP contribution in [0.25, 0.3) is 0 Å². The van der Waals surface area contributed by atoms with E-state index >= 15 is 0 Å². The first-order valence-electron chi connectivity index (χ1n) is 12.5. The summed E-state index contributed by atoms with van der Waals surface area (Å²) in [4.78, 5) is 35.5. The Morgan fingerprint density at radius 1 is 1.29 bits per heavy atom. The molecule has 10 nitrogen and oxygen atoms in total. The number of likely N-dealkylation sites (tertiary alicyclic amines) is 1. The number of anilines is 3. The second kappa shape index (κ2) is 13.1. The molecule has 0 bridgehead atoms. The molecule has 1 aliphatic heterocycles. The van der Waals surface area contributed by atoms with Crippen LogP contribution in [0.1, 0.15) is 45.6 Å². The molecule has 1 aromatic carbocycles. The summed E-state index contributed by atoms with van der Waals surface area (Å²) in [7, 11) is 3.29. The van der Waals surface area contributed by atoms with Gasteiger partial charge in [0.25, 0.3) is 0 Å². The van der Waals surface area contributed by atoms with E-state index in [1.54, 1.807) is 53.3 Å². The standard InChI is InChI=1S/C27H35FN6O4/c1-27(2,3)38-26(36)34-17-21(37-5)15-22(34)24(35)30-13-8-6-7-10-18-16-31-25(33-23(18)29-4)32-20-12-9-11-19(28)14-20/h9,11-12,14,16,21-22H,6,8,13,15,17H2,1-5H3,(H,30,35)(H2,29,31,32,33)/t21-,22-/m0/s1. The number of nitrogens with one attached hydrogen (secondary N) is 3. The van der Waals surface area contributed by atoms with Gasteiger partial charge in [0.15, 0.2) is 0 Å². The second-order valence-corrected chi connectivity index (χ2v) is 9.78. The lowest BCUT2D eigenvalue weighted by molar-refractivity contribution is -0.125. The first-order valence-corrected chi connectivity index (χ1v) is 12.5. The maximum Gasteiger partial charge on any atom is 0.411 e. The van der Waals surface area contributed by atoms with Gasteiger partial charge in [0, 0.05) is 39.2 Å². The van der Waals surface area contributed by atoms with Gasteiger partial charge in [0.05, 0.1) is 24.4 Å². The number of hydrogen-bond acceptors (Lipinski definition) is 8. The van der Waals surface area contributed by atoms with Gasteiger partial charge in [-0.2, -0.15) is 4.98 Å². The molecule has 0 unspecified atom stereocenters. The third kappa shape index (κ3) is 8.31. The van der Waals surface area contributed by atoms with Gasteiger partial charge < -0.3 is 25.4 Å². The Bertz CT molecular complexity index is 1190. The fourth-order valence-electron chi connectivity index (χ4n) is 3.82. The van der Waals surface area contributed by atoms with Crippen LogP contribution in [0.3, 0.4) is 0 Å². The van der Waals surface area contributed by atoms with Gasteiger partial charge in [-0.25, -0.2) is 14.2 Å². The first-order chi connectivity index (χ1) is 18.1. The normalized spacial score (nSPS) is 16.8. The Balaban J connectivity index is 1.50. The molecule has 1 fully saturated rings. The fourth-order valence-corrected chi connectivity index (χ4v) is 3.82. The van der Waals surface area contributed by atoms with Gasteiger partial charge in [0.2, 0.25) is 11.9 Å². The summed E-state index contributed by atoms with van der Waals surface area (Å²) in [6.07, 6.45) is 2.42. The summed E-state index contributed by atoms with van der Waals surface area (Å²) in [5.41, 5.74) is 0.501. The Labute approximate surface area is 222 Å². The predicted octanol–water partition coefficient (Wildman–Crippen LogP) is 3.67. The SMILES string of the molecule is CNc1nc(Nc2cccc(F)c2)ncc1C#CCCCNC(=O)[C@@H]1C[C@H](OC)CN1C(=O)OC(C)(C)C. The fraction of sp³-hybridized carbons (Fsp3) is 0.481. The summed E-state index contributed by atoms with van der Waals surface area (Å²) in [5.74, 6) is 6.37. The molecule has 2 atom stereocenters. The molecule has 0 aliphatic carbocycles. The smallest absolute Gasteiger partial charge is 0.411 e. The molecule has 11 heteroatoms. The van der Waals surface area contributed by atoms with E-state index in [-0.39, 0.29) is 17.8 Å². The molecule has 204 valence electrons. The number of rotatable bonds is 8. The second-order valence-electron chi connectivity index (χ2n) is 9.78. The molecule has 2 heterocycles. The van der Waals surface area contributed by atoms with E-state index in [1.807, 2.05) is 0 Å². The van der Waals surface area contributed by atoms with E-state index in [4.69, 9.17) is 9.47 Å². The Kier molecular flexibility index (Phi) is 9.85. The Hall–Kier alpha value is -3.91. The van der Waals surface area contributed by atoms with Crippen molar-refractivity contribution in [2.45, 2.75) is 57.8 Å². The summed E-state index contributed by atoms with van der Waals surface area (Å²) < 4.78 is 24.2. The van der Waals surface area contributed by atoms with Gasteiger partial charge in [-0.3, -0.25) is 9.69 Å². The average Bonchev–Trinajstić information content (AvgIpc) is 3.31. The van der Waals surface area contributed by atoms with Crippen LogP contribution in [-0.2, 0) is 14.3 Å². The lowest BCUT2D eigenvalue weighted by Crippen LogP contribution is -2.47. The summed E-state index contributed by atoms with van der Waals surface area (Å²) in [5, 5.41) is 8.84. The van der Waals surface area contributed by atoms with Gasteiger partial charge in [-0.1, -0.05) is 17.9 Å². The van der Waals surface area contributed by atoms with Crippen LogP contribution in [0.5, 0.6) is 0 Å². The number of carbonyl (C=O) groups excluding carboxylic acids is 2. The minimum Gasteiger partial charge on any atom is -0.444 e. The zero-order valence-electron chi connectivity index (χ0n) is 22.4. The number of unbranched alkanes of at least 4 members (excludes halogenated alkanes) is 1. The number of amides is 2. The summed E-state index contributed by atoms with van der Waals surface area (Å²) in [6.45, 7) is 6.08. The Morgan fingerprint density at radius 3 is 2.76 bits per heavy atom. The van der Waals surface area contributed by atoms with Crippen molar-refractivity contribution in [3.8, 4) is 11.8 Å². The van der Waals surface area contributed by atoms with E-state index in [0.717, 1.165) is 0 Å². The number of nitrogens with zero attached hydrogens (tertiary/aromatic N) is 3. The van der Waals surface area contributed by atoms with Crippen LogP contribution in [-0.4, -0.2) is 71.9 Å². The lowest BCUT2D eigenvalue weighted by Gasteiger charge is -2.27. The number of ether oxygens (including phenoxy) is 2. The average molecular weight is 527 g/mol. The maximum absolute atomic E-state index is 13.4. The van der Waals surface area contributed by atoms with Crippen molar-refractivity contribution in [1.82, 2.24) is 20.2 Å². The monoisotopic (exact) mass is 526 g/mol. The van der Waals surface area contributed by atoms with Crippen LogP contribution in [0.15, 0.2) is 30.5 Å².